The highest BCUT2D eigenvalue weighted by Gasteiger charge is 2.78. The largest absolute Gasteiger partial charge is 0.456 e. The summed E-state index contributed by atoms with van der Waals surface area (Å²) in [6.07, 6.45) is -10.7. The van der Waals surface area contributed by atoms with Crippen molar-refractivity contribution in [3.05, 3.63) is 82.9 Å². The first-order valence-corrected chi connectivity index (χ1v) is 21.1. The van der Waals surface area contributed by atoms with Crippen molar-refractivity contribution in [1.82, 2.24) is 5.32 Å². The molecule has 1 saturated heterocycles. The Labute approximate surface area is 369 Å². The predicted octanol–water partition coefficient (Wildman–Crippen LogP) is 4.05. The Balaban J connectivity index is 1.54. The number of aliphatic hydroxyl groups excluding tert-OH is 2. The number of hydrogen-bond donors (Lipinski definition) is 4. The van der Waals surface area contributed by atoms with Gasteiger partial charge in [0.15, 0.2) is 23.6 Å². The zero-order valence-corrected chi connectivity index (χ0v) is 37.2. The van der Waals surface area contributed by atoms with Crippen LogP contribution in [0.1, 0.15) is 90.2 Å². The first kappa shape index (κ1) is 47.1. The van der Waals surface area contributed by atoms with Crippen molar-refractivity contribution in [3.63, 3.8) is 0 Å². The van der Waals surface area contributed by atoms with Crippen LogP contribution in [0.2, 0.25) is 0 Å². The Morgan fingerprint density at radius 1 is 0.952 bits per heavy atom. The smallest absolute Gasteiger partial charge is 0.338 e. The highest BCUT2D eigenvalue weighted by Crippen LogP contribution is 2.64. The number of alkyl halides is 2. The average molecular weight is 903 g/mol. The number of halogens is 2. The number of ether oxygens (including phenoxy) is 5. The monoisotopic (exact) mass is 901 g/mol. The van der Waals surface area contributed by atoms with Crippen LogP contribution < -0.4 is 5.32 Å². The van der Waals surface area contributed by atoms with Crippen molar-refractivity contribution < 1.29 is 67.8 Å². The van der Waals surface area contributed by atoms with E-state index < -0.39 is 123 Å². The van der Waals surface area contributed by atoms with E-state index in [2.05, 4.69) is 5.32 Å². The van der Waals surface area contributed by atoms with Gasteiger partial charge in [-0.25, -0.2) is 9.59 Å². The Morgan fingerprint density at radius 3 is 2.08 bits per heavy atom. The highest BCUT2D eigenvalue weighted by molar-refractivity contribution is 6.40. The van der Waals surface area contributed by atoms with Crippen molar-refractivity contribution in [2.75, 3.05) is 6.61 Å². The van der Waals surface area contributed by atoms with Gasteiger partial charge in [-0.05, 0) is 56.5 Å². The quantitative estimate of drug-likeness (QED) is 0.108. The van der Waals surface area contributed by atoms with Crippen LogP contribution in [0.15, 0.2) is 71.8 Å². The molecule has 2 aromatic rings. The van der Waals surface area contributed by atoms with Gasteiger partial charge in [0.2, 0.25) is 5.91 Å². The Hall–Kier alpha value is -4.38. The van der Waals surface area contributed by atoms with Crippen molar-refractivity contribution in [2.45, 2.75) is 132 Å². The van der Waals surface area contributed by atoms with Crippen LogP contribution in [0.3, 0.4) is 0 Å². The number of nitrogens with one attached hydrogen (secondary N) is 1. The van der Waals surface area contributed by atoms with Gasteiger partial charge in [0, 0.05) is 32.1 Å². The van der Waals surface area contributed by atoms with Crippen LogP contribution in [0.4, 0.5) is 0 Å². The molecule has 3 fully saturated rings. The number of Topliss-reactive ketones (excluding diaryl/α,β-unsaturated/α-hetero) is 1. The fourth-order valence-corrected chi connectivity index (χ4v) is 9.99. The van der Waals surface area contributed by atoms with Crippen LogP contribution >= 0.6 is 23.2 Å². The van der Waals surface area contributed by atoms with Gasteiger partial charge >= 0.3 is 23.9 Å². The van der Waals surface area contributed by atoms with E-state index in [0.29, 0.717) is 5.56 Å². The number of benzene rings is 2. The fraction of sp³-hybridized carbons (Fsp3) is 0.556. The minimum atomic E-state index is -2.42. The van der Waals surface area contributed by atoms with E-state index in [-0.39, 0.29) is 29.7 Å². The normalized spacial score (nSPS) is 33.5. The first-order valence-electron chi connectivity index (χ1n) is 20.3. The van der Waals surface area contributed by atoms with E-state index in [4.69, 9.17) is 46.9 Å². The third-order valence-corrected chi connectivity index (χ3v) is 14.7. The van der Waals surface area contributed by atoms with E-state index in [1.165, 1.54) is 39.8 Å². The molecule has 1 amide bonds. The molecule has 2 aromatic carbocycles. The van der Waals surface area contributed by atoms with Gasteiger partial charge in [0.1, 0.15) is 28.8 Å². The maximum absolute atomic E-state index is 15.5. The summed E-state index contributed by atoms with van der Waals surface area (Å²) in [6, 6.07) is 14.4. The first-order chi connectivity index (χ1) is 28.9. The maximum Gasteiger partial charge on any atom is 0.338 e. The summed E-state index contributed by atoms with van der Waals surface area (Å²) >= 11 is 12.7. The Kier molecular flexibility index (Phi) is 12.9. The average Bonchev–Trinajstić information content (AvgIpc) is 3.20. The minimum absolute atomic E-state index is 0.0261. The molecule has 2 saturated carbocycles. The Bertz CT molecular complexity index is 2140. The zero-order valence-electron chi connectivity index (χ0n) is 35.7. The van der Waals surface area contributed by atoms with Crippen molar-refractivity contribution in [3.8, 4) is 0 Å². The van der Waals surface area contributed by atoms with Gasteiger partial charge < -0.3 is 44.3 Å². The number of esters is 4. The topological polar surface area (TPSA) is 221 Å². The van der Waals surface area contributed by atoms with Gasteiger partial charge in [0.25, 0.3) is 0 Å². The van der Waals surface area contributed by atoms with Crippen LogP contribution in [0.5, 0.6) is 0 Å². The molecule has 62 heavy (non-hydrogen) atoms. The van der Waals surface area contributed by atoms with Crippen LogP contribution in [-0.4, -0.2) is 116 Å². The van der Waals surface area contributed by atoms with E-state index >= 15 is 4.79 Å². The molecule has 1 heterocycles. The molecule has 1 aliphatic heterocycles. The van der Waals surface area contributed by atoms with E-state index in [1.807, 2.05) is 0 Å². The lowest BCUT2D eigenvalue weighted by molar-refractivity contribution is -0.346. The molecule has 0 aromatic heterocycles. The summed E-state index contributed by atoms with van der Waals surface area (Å²) in [5, 5.41) is 39.2. The number of carbonyl (C=O) groups excluding carboxylic acids is 6. The van der Waals surface area contributed by atoms with Gasteiger partial charge in [0.05, 0.1) is 41.0 Å². The summed E-state index contributed by atoms with van der Waals surface area (Å²) in [7, 11) is 0. The van der Waals surface area contributed by atoms with Crippen molar-refractivity contribution in [2.24, 2.45) is 16.7 Å². The number of ketones is 1. The number of rotatable bonds is 11. The third-order valence-electron chi connectivity index (χ3n) is 13.6. The maximum atomic E-state index is 15.5. The molecule has 0 unspecified atom stereocenters. The van der Waals surface area contributed by atoms with Gasteiger partial charge in [-0.1, -0.05) is 62.4 Å². The zero-order chi connectivity index (χ0) is 45.9. The minimum Gasteiger partial charge on any atom is -0.456 e. The third kappa shape index (κ3) is 7.72. The molecule has 13 atom stereocenters. The molecule has 3 aliphatic carbocycles. The molecule has 336 valence electrons. The summed E-state index contributed by atoms with van der Waals surface area (Å²) in [5.74, 6) is -7.18. The molecule has 0 radical (unpaired) electrons. The number of fused-ring (bicyclic) bond motifs is 5. The molecule has 0 spiro atoms. The second kappa shape index (κ2) is 17.0. The van der Waals surface area contributed by atoms with E-state index in [0.717, 1.165) is 13.8 Å². The summed E-state index contributed by atoms with van der Waals surface area (Å²) in [5.41, 5.74) is -7.49. The summed E-state index contributed by atoms with van der Waals surface area (Å²) in [6.45, 7) is 10.8. The molecule has 15 nitrogen and oxygen atoms in total. The molecule has 2 bridgehead atoms. The standard InChI is InChI=1S/C45H53Cl2NO14/c1-22-28(60-39(55)33(52)32(26-15-11-9-12-16-26)48-40(56)43(8,47)23(2)46)20-45(57)37(61-38(54)27-17-13-10-14-18-27)35-42(7,29(51)19-30-44(35,21-58-30)62-25(4)50)36(53)34(59-24(3)49)31(22)41(45,5)6/h9-18,23,28-30,32-35,37,51-52,57H,19-21H2,1-8H3,(H,48,56)/t23-,28-,29-,30+,32-,33+,34+,35-,37-,42+,43-,44-,45+/m0/s1. The lowest BCUT2D eigenvalue weighted by Crippen LogP contribution is -2.82. The number of amides is 1. The van der Waals surface area contributed by atoms with Crippen LogP contribution in [0.25, 0.3) is 0 Å². The fourth-order valence-electron chi connectivity index (χ4n) is 9.83. The predicted molar refractivity (Wildman–Crippen MR) is 221 cm³/mol. The lowest BCUT2D eigenvalue weighted by Gasteiger charge is -2.67. The number of carbonyl (C=O) groups is 6. The number of hydrogen-bond acceptors (Lipinski definition) is 14. The molecule has 17 heteroatoms. The molecular weight excluding hydrogens is 849 g/mol. The van der Waals surface area contributed by atoms with E-state index in [9.17, 15) is 39.3 Å². The molecule has 4 N–H and O–H groups in total. The van der Waals surface area contributed by atoms with Crippen LogP contribution in [-0.2, 0) is 47.7 Å². The lowest BCUT2D eigenvalue weighted by atomic mass is 9.44. The van der Waals surface area contributed by atoms with Gasteiger partial charge in [-0.15, -0.1) is 23.2 Å². The van der Waals surface area contributed by atoms with Gasteiger partial charge in [-0.2, -0.15) is 0 Å². The van der Waals surface area contributed by atoms with Crippen LogP contribution in [0, 0.1) is 16.7 Å². The SMILES string of the molecule is CC(=O)O[C@H]1C(=O)[C@@]2(C)[C@H]([C@H](OC(=O)c3ccccc3)[C@]3(O)C[C@H](OC(=O)[C@H](O)[C@@H](NC(=O)[C@@](C)(Cl)[C@H](C)Cl)c4ccccc4)C(C)=C1C3(C)C)[C@]1(OC(C)=O)CO[C@@H]1C[C@@H]2O. The molecular formula is C45H53Cl2NO14. The number of aliphatic hydroxyl groups is 3. The van der Waals surface area contributed by atoms with Crippen molar-refractivity contribution >= 4 is 58.8 Å². The highest BCUT2D eigenvalue weighted by atomic mass is 35.5. The second-order valence-corrected chi connectivity index (χ2v) is 19.1. The van der Waals surface area contributed by atoms with Gasteiger partial charge in [-0.3, -0.25) is 19.2 Å². The molecule has 4 aliphatic rings. The molecule has 6 rings (SSSR count). The van der Waals surface area contributed by atoms with Crippen molar-refractivity contribution in [1.29, 1.82) is 0 Å². The summed E-state index contributed by atoms with van der Waals surface area (Å²) < 4.78 is 30.2. The second-order valence-electron chi connectivity index (χ2n) is 17.7. The van der Waals surface area contributed by atoms with E-state index in [1.54, 1.807) is 62.4 Å². The summed E-state index contributed by atoms with van der Waals surface area (Å²) in [4.78, 5) is 81.8. The Morgan fingerprint density at radius 2 is 1.55 bits per heavy atom.